The van der Waals surface area contributed by atoms with Gasteiger partial charge in [0.15, 0.2) is 0 Å². The van der Waals surface area contributed by atoms with E-state index < -0.39 is 11.2 Å². The summed E-state index contributed by atoms with van der Waals surface area (Å²) in [6.45, 7) is 14.2. The summed E-state index contributed by atoms with van der Waals surface area (Å²) >= 11 is 0. The summed E-state index contributed by atoms with van der Waals surface area (Å²) in [7, 11) is 0. The Morgan fingerprint density at radius 1 is 0.853 bits per heavy atom. The van der Waals surface area contributed by atoms with E-state index in [1.807, 2.05) is 41.5 Å². The molecule has 1 unspecified atom stereocenters. The Morgan fingerprint density at radius 3 is 1.85 bits per heavy atom. The second-order valence-corrected chi connectivity index (χ2v) is 11.0. The van der Waals surface area contributed by atoms with E-state index in [0.29, 0.717) is 45.8 Å². The van der Waals surface area contributed by atoms with Gasteiger partial charge in [0.25, 0.3) is 0 Å². The van der Waals surface area contributed by atoms with Crippen molar-refractivity contribution in [3.8, 4) is 0 Å². The van der Waals surface area contributed by atoms with Crippen LogP contribution in [0.25, 0.3) is 0 Å². The lowest BCUT2D eigenvalue weighted by molar-refractivity contribution is -0.144. The third-order valence-corrected chi connectivity index (χ3v) is 5.78. The van der Waals surface area contributed by atoms with Gasteiger partial charge in [0.05, 0.1) is 19.1 Å². The number of cyclic esters (lactones) is 2. The van der Waals surface area contributed by atoms with Gasteiger partial charge in [-0.25, -0.2) is 14.4 Å². The van der Waals surface area contributed by atoms with Crippen molar-refractivity contribution in [3.63, 3.8) is 0 Å². The Bertz CT molecular complexity index is 853. The molecule has 4 saturated heterocycles. The molecule has 4 fully saturated rings. The molecule has 10 heteroatoms. The summed E-state index contributed by atoms with van der Waals surface area (Å²) in [5.41, 5.74) is 0.795. The Labute approximate surface area is 200 Å². The van der Waals surface area contributed by atoms with Gasteiger partial charge in [0.2, 0.25) is 0 Å². The van der Waals surface area contributed by atoms with E-state index in [1.54, 1.807) is 9.80 Å². The van der Waals surface area contributed by atoms with Gasteiger partial charge in [-0.3, -0.25) is 4.79 Å². The molecule has 10 nitrogen and oxygen atoms in total. The highest BCUT2D eigenvalue weighted by molar-refractivity contribution is 5.92. The van der Waals surface area contributed by atoms with Crippen LogP contribution in [0.1, 0.15) is 54.4 Å². The minimum Gasteiger partial charge on any atom is -0.465 e. The number of carbonyl (C=O) groups excluding carboxylic acids is 4. The zero-order chi connectivity index (χ0) is 25.3. The molecule has 0 aliphatic carbocycles. The molecule has 0 saturated carbocycles. The summed E-state index contributed by atoms with van der Waals surface area (Å²) in [4.78, 5) is 49.2. The van der Waals surface area contributed by atoms with E-state index in [2.05, 4.69) is 0 Å². The quantitative estimate of drug-likeness (QED) is 0.320. The third-order valence-electron chi connectivity index (χ3n) is 5.78. The third kappa shape index (κ3) is 6.64. The largest absolute Gasteiger partial charge is 0.465 e. The van der Waals surface area contributed by atoms with Crippen LogP contribution in [-0.4, -0.2) is 84.5 Å². The molecular weight excluding hydrogens is 444 g/mol. The number of amides is 2. The lowest BCUT2D eigenvalue weighted by Crippen LogP contribution is -2.54. The number of hydrogen-bond donors (Lipinski definition) is 0. The molecule has 190 valence electrons. The normalized spacial score (nSPS) is 22.8. The molecular formula is C24H36N2O8. The van der Waals surface area contributed by atoms with Crippen LogP contribution in [0.5, 0.6) is 0 Å². The molecule has 4 aliphatic heterocycles. The second-order valence-electron chi connectivity index (χ2n) is 11.0. The minimum absolute atomic E-state index is 0.0197. The molecule has 4 aliphatic rings. The summed E-state index contributed by atoms with van der Waals surface area (Å²) in [5, 5.41) is 0. The number of ether oxygens (including phenoxy) is 4. The molecule has 0 radical (unpaired) electrons. The van der Waals surface area contributed by atoms with Crippen LogP contribution in [-0.2, 0) is 28.5 Å². The van der Waals surface area contributed by atoms with Crippen molar-refractivity contribution < 1.29 is 38.1 Å². The summed E-state index contributed by atoms with van der Waals surface area (Å²) in [5.74, 6) is -0.117. The fraction of sp³-hybridized carbons (Fsp3) is 0.750. The molecule has 2 amide bonds. The molecule has 0 aromatic carbocycles. The van der Waals surface area contributed by atoms with Gasteiger partial charge in [0.1, 0.15) is 11.2 Å². The topological polar surface area (TPSA) is 112 Å². The standard InChI is InChI=1S/C12H19NO4.C12H17NO4/c2*1-12(2,3)17-11(15)13-6-8(7-13)9-4-5-16-10(9)14/h8-9H,4-7H2,1-3H3;4-7H2,1-3H3. The first-order valence-corrected chi connectivity index (χ1v) is 11.7. The summed E-state index contributed by atoms with van der Waals surface area (Å²) in [6.07, 6.45) is 0.829. The first-order chi connectivity index (χ1) is 15.7. The Kier molecular flexibility index (Phi) is 7.47. The van der Waals surface area contributed by atoms with Crippen LogP contribution in [0.2, 0.25) is 0 Å². The van der Waals surface area contributed by atoms with Crippen LogP contribution in [0, 0.1) is 11.8 Å². The second kappa shape index (κ2) is 9.84. The predicted molar refractivity (Wildman–Crippen MR) is 121 cm³/mol. The van der Waals surface area contributed by atoms with Crippen molar-refractivity contribution in [2.75, 3.05) is 39.4 Å². The van der Waals surface area contributed by atoms with E-state index in [1.165, 1.54) is 0 Å². The van der Waals surface area contributed by atoms with E-state index >= 15 is 0 Å². The molecule has 4 heterocycles. The highest BCUT2D eigenvalue weighted by Crippen LogP contribution is 2.31. The monoisotopic (exact) mass is 480 g/mol. The van der Waals surface area contributed by atoms with Crippen LogP contribution < -0.4 is 0 Å². The molecule has 1 atom stereocenters. The molecule has 0 bridgehead atoms. The molecule has 0 N–H and O–H groups in total. The first kappa shape index (κ1) is 25.8. The van der Waals surface area contributed by atoms with E-state index in [0.717, 1.165) is 17.6 Å². The first-order valence-electron chi connectivity index (χ1n) is 11.7. The number of nitrogens with zero attached hydrogens (tertiary/aromatic N) is 2. The number of esters is 2. The molecule has 0 aromatic heterocycles. The Balaban J connectivity index is 0.000000191. The fourth-order valence-corrected chi connectivity index (χ4v) is 4.00. The highest BCUT2D eigenvalue weighted by Gasteiger charge is 2.43. The van der Waals surface area contributed by atoms with Crippen LogP contribution in [0.3, 0.4) is 0 Å². The number of hydrogen-bond acceptors (Lipinski definition) is 8. The maximum atomic E-state index is 11.7. The van der Waals surface area contributed by atoms with Crippen LogP contribution in [0.4, 0.5) is 9.59 Å². The minimum atomic E-state index is -0.480. The van der Waals surface area contributed by atoms with Crippen molar-refractivity contribution in [3.05, 3.63) is 11.1 Å². The van der Waals surface area contributed by atoms with Crippen molar-refractivity contribution in [2.24, 2.45) is 11.8 Å². The molecule has 0 aromatic rings. The van der Waals surface area contributed by atoms with E-state index in [9.17, 15) is 19.2 Å². The lowest BCUT2D eigenvalue weighted by atomic mass is 9.85. The zero-order valence-electron chi connectivity index (χ0n) is 21.0. The zero-order valence-corrected chi connectivity index (χ0v) is 21.0. The van der Waals surface area contributed by atoms with E-state index in [4.69, 9.17) is 18.9 Å². The maximum absolute atomic E-state index is 11.7. The highest BCUT2D eigenvalue weighted by atomic mass is 16.6. The van der Waals surface area contributed by atoms with Gasteiger partial charge < -0.3 is 28.7 Å². The van der Waals surface area contributed by atoms with Gasteiger partial charge >= 0.3 is 24.1 Å². The maximum Gasteiger partial charge on any atom is 0.410 e. The lowest BCUT2D eigenvalue weighted by Gasteiger charge is -2.41. The van der Waals surface area contributed by atoms with Crippen molar-refractivity contribution >= 4 is 24.1 Å². The molecule has 34 heavy (non-hydrogen) atoms. The number of carbonyl (C=O) groups is 4. The van der Waals surface area contributed by atoms with Gasteiger partial charge in [-0.1, -0.05) is 0 Å². The summed E-state index contributed by atoms with van der Waals surface area (Å²) in [6, 6.07) is 0. The van der Waals surface area contributed by atoms with Crippen molar-refractivity contribution in [1.82, 2.24) is 9.80 Å². The van der Waals surface area contributed by atoms with Gasteiger partial charge in [-0.05, 0) is 53.5 Å². The Morgan fingerprint density at radius 2 is 1.41 bits per heavy atom. The predicted octanol–water partition coefficient (Wildman–Crippen LogP) is 2.90. The number of likely N-dealkylation sites (tertiary alicyclic amines) is 2. The van der Waals surface area contributed by atoms with E-state index in [-0.39, 0.29) is 36.0 Å². The summed E-state index contributed by atoms with van der Waals surface area (Å²) < 4.78 is 20.3. The molecule has 4 rings (SSSR count). The average Bonchev–Trinajstić information content (AvgIpc) is 3.19. The van der Waals surface area contributed by atoms with Crippen molar-refractivity contribution in [1.29, 1.82) is 0 Å². The smallest absolute Gasteiger partial charge is 0.410 e. The van der Waals surface area contributed by atoms with Gasteiger partial charge in [0, 0.05) is 44.1 Å². The van der Waals surface area contributed by atoms with Gasteiger partial charge in [-0.2, -0.15) is 0 Å². The molecule has 0 spiro atoms. The van der Waals surface area contributed by atoms with Gasteiger partial charge in [-0.15, -0.1) is 0 Å². The van der Waals surface area contributed by atoms with Crippen molar-refractivity contribution in [2.45, 2.75) is 65.6 Å². The average molecular weight is 481 g/mol. The fourth-order valence-electron chi connectivity index (χ4n) is 4.00. The SMILES string of the molecule is CC(C)(C)OC(=O)N1CC(=C2CCOC2=O)C1.CC(C)(C)OC(=O)N1CC(C2CCOC2=O)C1. The van der Waals surface area contributed by atoms with Crippen LogP contribution >= 0.6 is 0 Å². The van der Waals surface area contributed by atoms with Crippen LogP contribution in [0.15, 0.2) is 11.1 Å². The number of rotatable bonds is 1. The Hall–Kier alpha value is -2.78.